The van der Waals surface area contributed by atoms with Gasteiger partial charge in [0, 0.05) is 0 Å². The summed E-state index contributed by atoms with van der Waals surface area (Å²) < 4.78 is 9.44. The maximum atomic E-state index is 11.8. The highest BCUT2D eigenvalue weighted by atomic mass is 16.6. The number of rotatable bonds is 2. The molecule has 2 N–H and O–H groups in total. The molecule has 1 heterocycles. The summed E-state index contributed by atoms with van der Waals surface area (Å²) in [5, 5.41) is 18.7. The lowest BCUT2D eigenvalue weighted by Crippen LogP contribution is -2.38. The van der Waals surface area contributed by atoms with E-state index in [1.807, 2.05) is 0 Å². The standard InChI is InChI=1S/C11H12O6/c1-16-10(14)6-4-17-11(15)8-5(3-12)2-7(13)9(6)8/h2,4,8-9,11-12,15H,3H2,1H3/t8-,9+,11-/m1/s1. The van der Waals surface area contributed by atoms with Crippen molar-refractivity contribution < 1.29 is 29.3 Å². The second kappa shape index (κ2) is 4.31. The van der Waals surface area contributed by atoms with E-state index in [1.54, 1.807) is 0 Å². The predicted molar refractivity (Wildman–Crippen MR) is 54.3 cm³/mol. The zero-order valence-corrected chi connectivity index (χ0v) is 9.12. The maximum Gasteiger partial charge on any atom is 0.337 e. The summed E-state index contributed by atoms with van der Waals surface area (Å²) in [6.45, 7) is -0.359. The summed E-state index contributed by atoms with van der Waals surface area (Å²) in [6, 6.07) is 0. The third-order valence-electron chi connectivity index (χ3n) is 3.00. The first-order valence-electron chi connectivity index (χ1n) is 5.07. The molecule has 3 atom stereocenters. The largest absolute Gasteiger partial charge is 0.471 e. The molecule has 92 valence electrons. The molecule has 0 amide bonds. The minimum absolute atomic E-state index is 0.0625. The van der Waals surface area contributed by atoms with Crippen LogP contribution in [0.2, 0.25) is 0 Å². The maximum absolute atomic E-state index is 11.8. The highest BCUT2D eigenvalue weighted by molar-refractivity contribution is 6.05. The molecular weight excluding hydrogens is 228 g/mol. The summed E-state index contributed by atoms with van der Waals surface area (Å²) in [4.78, 5) is 23.2. The Bertz CT molecular complexity index is 422. The minimum Gasteiger partial charge on any atom is -0.471 e. The van der Waals surface area contributed by atoms with Crippen LogP contribution >= 0.6 is 0 Å². The Morgan fingerprint density at radius 2 is 2.29 bits per heavy atom. The van der Waals surface area contributed by atoms with Crippen molar-refractivity contribution in [3.63, 3.8) is 0 Å². The Balaban J connectivity index is 2.38. The van der Waals surface area contributed by atoms with Crippen LogP contribution in [0.1, 0.15) is 0 Å². The van der Waals surface area contributed by atoms with Crippen LogP contribution in [-0.2, 0) is 19.1 Å². The number of ether oxygens (including phenoxy) is 2. The predicted octanol–water partition coefficient (Wildman–Crippen LogP) is -0.874. The number of allylic oxidation sites excluding steroid dienone is 1. The molecule has 6 heteroatoms. The summed E-state index contributed by atoms with van der Waals surface area (Å²) in [5.74, 6) is -2.55. The summed E-state index contributed by atoms with van der Waals surface area (Å²) in [7, 11) is 1.20. The van der Waals surface area contributed by atoms with E-state index in [0.717, 1.165) is 6.26 Å². The van der Waals surface area contributed by atoms with Gasteiger partial charge in [-0.3, -0.25) is 4.79 Å². The molecule has 0 aromatic rings. The molecule has 0 radical (unpaired) electrons. The van der Waals surface area contributed by atoms with Crippen LogP contribution in [0.5, 0.6) is 0 Å². The van der Waals surface area contributed by atoms with Gasteiger partial charge in [-0.05, 0) is 11.6 Å². The second-order valence-corrected chi connectivity index (χ2v) is 3.87. The monoisotopic (exact) mass is 240 g/mol. The molecule has 0 unspecified atom stereocenters. The van der Waals surface area contributed by atoms with Crippen molar-refractivity contribution in [1.29, 1.82) is 0 Å². The van der Waals surface area contributed by atoms with Gasteiger partial charge in [0.25, 0.3) is 0 Å². The molecule has 17 heavy (non-hydrogen) atoms. The van der Waals surface area contributed by atoms with E-state index in [9.17, 15) is 14.7 Å². The van der Waals surface area contributed by atoms with Crippen molar-refractivity contribution in [2.24, 2.45) is 11.8 Å². The fraction of sp³-hybridized carbons (Fsp3) is 0.455. The minimum atomic E-state index is -1.24. The van der Waals surface area contributed by atoms with E-state index < -0.39 is 24.1 Å². The Labute approximate surface area is 97.1 Å². The van der Waals surface area contributed by atoms with Crippen LogP contribution in [0.25, 0.3) is 0 Å². The number of fused-ring (bicyclic) bond motifs is 1. The lowest BCUT2D eigenvalue weighted by Gasteiger charge is -2.30. The van der Waals surface area contributed by atoms with Gasteiger partial charge in [0.1, 0.15) is 0 Å². The lowest BCUT2D eigenvalue weighted by molar-refractivity contribution is -0.145. The lowest BCUT2D eigenvalue weighted by atomic mass is 9.83. The Hall–Kier alpha value is -1.66. The number of ketones is 1. The molecule has 0 saturated carbocycles. The second-order valence-electron chi connectivity index (χ2n) is 3.87. The number of carbonyl (C=O) groups is 2. The van der Waals surface area contributed by atoms with E-state index in [4.69, 9.17) is 9.84 Å². The number of carbonyl (C=O) groups excluding carboxylic acids is 2. The van der Waals surface area contributed by atoms with E-state index in [0.29, 0.717) is 5.57 Å². The zero-order chi connectivity index (χ0) is 12.6. The molecule has 0 aromatic heterocycles. The number of hydrogen-bond donors (Lipinski definition) is 2. The number of esters is 1. The Morgan fingerprint density at radius 3 is 2.88 bits per heavy atom. The van der Waals surface area contributed by atoms with Crippen molar-refractivity contribution >= 4 is 11.8 Å². The van der Waals surface area contributed by atoms with Crippen LogP contribution in [0.15, 0.2) is 23.5 Å². The van der Waals surface area contributed by atoms with Gasteiger partial charge in [-0.1, -0.05) is 0 Å². The van der Waals surface area contributed by atoms with Gasteiger partial charge in [-0.25, -0.2) is 4.79 Å². The van der Waals surface area contributed by atoms with Gasteiger partial charge in [0.05, 0.1) is 37.4 Å². The molecule has 2 aliphatic rings. The van der Waals surface area contributed by atoms with Gasteiger partial charge in [0.2, 0.25) is 6.29 Å². The average Bonchev–Trinajstić information content (AvgIpc) is 2.67. The smallest absolute Gasteiger partial charge is 0.337 e. The van der Waals surface area contributed by atoms with Crippen LogP contribution in [0, 0.1) is 11.8 Å². The molecule has 1 aliphatic heterocycles. The van der Waals surface area contributed by atoms with E-state index in [-0.39, 0.29) is 18.0 Å². The fourth-order valence-corrected chi connectivity index (χ4v) is 2.20. The van der Waals surface area contributed by atoms with Gasteiger partial charge in [-0.2, -0.15) is 0 Å². The van der Waals surface area contributed by atoms with Crippen molar-refractivity contribution in [3.05, 3.63) is 23.5 Å². The SMILES string of the molecule is COC(=O)C1=CO[C@@H](O)[C@@H]2C(CO)=CC(=O)[C@H]12. The first kappa shape index (κ1) is 11.8. The molecule has 6 nitrogen and oxygen atoms in total. The molecule has 2 rings (SSSR count). The average molecular weight is 240 g/mol. The summed E-state index contributed by atoms with van der Waals surface area (Å²) in [6.07, 6.45) is 1.05. The van der Waals surface area contributed by atoms with Crippen molar-refractivity contribution in [2.75, 3.05) is 13.7 Å². The molecule has 0 spiro atoms. The first-order chi connectivity index (χ1) is 8.10. The Kier molecular flexibility index (Phi) is 2.99. The van der Waals surface area contributed by atoms with Crippen molar-refractivity contribution in [1.82, 2.24) is 0 Å². The molecule has 0 fully saturated rings. The molecule has 0 saturated heterocycles. The third-order valence-corrected chi connectivity index (χ3v) is 3.00. The first-order valence-corrected chi connectivity index (χ1v) is 5.07. The highest BCUT2D eigenvalue weighted by Gasteiger charge is 2.47. The zero-order valence-electron chi connectivity index (χ0n) is 9.12. The van der Waals surface area contributed by atoms with E-state index in [2.05, 4.69) is 4.74 Å². The topological polar surface area (TPSA) is 93.1 Å². The quantitative estimate of drug-likeness (QED) is 0.609. The summed E-state index contributed by atoms with van der Waals surface area (Å²) >= 11 is 0. The van der Waals surface area contributed by atoms with Gasteiger partial charge in [0.15, 0.2) is 5.78 Å². The summed E-state index contributed by atoms with van der Waals surface area (Å²) in [5.41, 5.74) is 0.425. The van der Waals surface area contributed by atoms with Gasteiger partial charge < -0.3 is 19.7 Å². The Morgan fingerprint density at radius 1 is 1.59 bits per heavy atom. The third kappa shape index (κ3) is 1.75. The fourth-order valence-electron chi connectivity index (χ4n) is 2.20. The van der Waals surface area contributed by atoms with Gasteiger partial charge in [-0.15, -0.1) is 0 Å². The number of aliphatic hydroxyl groups excluding tert-OH is 2. The van der Waals surface area contributed by atoms with Crippen LogP contribution in [-0.4, -0.2) is 42.0 Å². The normalized spacial score (nSPS) is 31.2. The van der Waals surface area contributed by atoms with Gasteiger partial charge >= 0.3 is 5.97 Å². The van der Waals surface area contributed by atoms with Crippen molar-refractivity contribution in [2.45, 2.75) is 6.29 Å². The highest BCUT2D eigenvalue weighted by Crippen LogP contribution is 2.40. The van der Waals surface area contributed by atoms with Crippen LogP contribution in [0.4, 0.5) is 0 Å². The number of methoxy groups -OCH3 is 1. The van der Waals surface area contributed by atoms with E-state index in [1.165, 1.54) is 13.2 Å². The number of hydrogen-bond acceptors (Lipinski definition) is 6. The molecule has 0 aromatic carbocycles. The van der Waals surface area contributed by atoms with Crippen LogP contribution < -0.4 is 0 Å². The molecule has 0 bridgehead atoms. The number of aliphatic hydroxyl groups is 2. The van der Waals surface area contributed by atoms with Crippen LogP contribution in [0.3, 0.4) is 0 Å². The molecular formula is C11H12O6. The van der Waals surface area contributed by atoms with Crippen molar-refractivity contribution in [3.8, 4) is 0 Å². The van der Waals surface area contributed by atoms with E-state index >= 15 is 0 Å². The molecule has 1 aliphatic carbocycles.